The average Bonchev–Trinajstić information content (AvgIpc) is 2.94. The standard InChI is InChI=1S/C29H30N4O3S/c1-6-20-9-7-8-18(2)25(20)30-28(34)19(3)37-29-31-26(21-10-14-23(35-4)15-11-21)27(32-33-29)22-12-16-24(36-5)17-13-22/h7-17,19H,6H2,1-5H3,(H,30,34). The summed E-state index contributed by atoms with van der Waals surface area (Å²) in [4.78, 5) is 17.9. The number of rotatable bonds is 9. The van der Waals surface area contributed by atoms with E-state index >= 15 is 0 Å². The molecule has 8 heteroatoms. The first kappa shape index (κ1) is 26.2. The van der Waals surface area contributed by atoms with Gasteiger partial charge in [-0.25, -0.2) is 4.98 Å². The zero-order chi connectivity index (χ0) is 26.4. The fourth-order valence-corrected chi connectivity index (χ4v) is 4.61. The lowest BCUT2D eigenvalue weighted by Gasteiger charge is -2.16. The predicted molar refractivity (Wildman–Crippen MR) is 148 cm³/mol. The molecule has 0 aliphatic carbocycles. The van der Waals surface area contributed by atoms with E-state index in [9.17, 15) is 4.79 Å². The maximum Gasteiger partial charge on any atom is 0.237 e. The van der Waals surface area contributed by atoms with Crippen LogP contribution in [0.1, 0.15) is 25.0 Å². The van der Waals surface area contributed by atoms with Crippen molar-refractivity contribution >= 4 is 23.4 Å². The smallest absolute Gasteiger partial charge is 0.237 e. The zero-order valence-electron chi connectivity index (χ0n) is 21.6. The minimum absolute atomic E-state index is 0.108. The maximum absolute atomic E-state index is 13.1. The number of thioether (sulfide) groups is 1. The van der Waals surface area contributed by atoms with Gasteiger partial charge in [0.15, 0.2) is 0 Å². The third-order valence-corrected chi connectivity index (χ3v) is 6.99. The summed E-state index contributed by atoms with van der Waals surface area (Å²) in [5.41, 5.74) is 6.05. The lowest BCUT2D eigenvalue weighted by atomic mass is 10.0. The number of aryl methyl sites for hydroxylation is 2. The normalized spacial score (nSPS) is 11.6. The van der Waals surface area contributed by atoms with Crippen LogP contribution in [0.3, 0.4) is 0 Å². The van der Waals surface area contributed by atoms with Gasteiger partial charge >= 0.3 is 0 Å². The Labute approximate surface area is 221 Å². The van der Waals surface area contributed by atoms with Crippen LogP contribution in [0.4, 0.5) is 5.69 Å². The second kappa shape index (κ2) is 11.9. The molecule has 0 bridgehead atoms. The summed E-state index contributed by atoms with van der Waals surface area (Å²) in [6, 6.07) is 21.3. The molecule has 0 aliphatic heterocycles. The molecule has 4 aromatic rings. The molecule has 1 atom stereocenters. The SMILES string of the molecule is CCc1cccc(C)c1NC(=O)C(C)Sc1nnc(-c2ccc(OC)cc2)c(-c2ccc(OC)cc2)n1. The third-order valence-electron chi connectivity index (χ3n) is 6.03. The molecule has 4 rings (SSSR count). The number of aromatic nitrogens is 3. The molecule has 0 saturated heterocycles. The Morgan fingerprint density at radius 1 is 0.892 bits per heavy atom. The van der Waals surface area contributed by atoms with Gasteiger partial charge in [0.1, 0.15) is 22.9 Å². The van der Waals surface area contributed by atoms with E-state index in [2.05, 4.69) is 22.4 Å². The fraction of sp³-hybridized carbons (Fsp3) is 0.241. The maximum atomic E-state index is 13.1. The Hall–Kier alpha value is -3.91. The summed E-state index contributed by atoms with van der Waals surface area (Å²) in [6.07, 6.45) is 0.837. The number of anilines is 1. The Morgan fingerprint density at radius 3 is 2.05 bits per heavy atom. The molecule has 0 aliphatic rings. The molecule has 1 aromatic heterocycles. The second-order valence-corrected chi connectivity index (χ2v) is 9.77. The number of carbonyl (C=O) groups is 1. The van der Waals surface area contributed by atoms with Crippen molar-refractivity contribution in [3.05, 3.63) is 77.9 Å². The van der Waals surface area contributed by atoms with Gasteiger partial charge in [0.25, 0.3) is 0 Å². The van der Waals surface area contributed by atoms with Gasteiger partial charge < -0.3 is 14.8 Å². The largest absolute Gasteiger partial charge is 0.497 e. The van der Waals surface area contributed by atoms with E-state index in [0.717, 1.165) is 45.9 Å². The number of nitrogens with one attached hydrogen (secondary N) is 1. The summed E-state index contributed by atoms with van der Waals surface area (Å²) in [7, 11) is 3.26. The van der Waals surface area contributed by atoms with E-state index in [1.165, 1.54) is 11.8 Å². The predicted octanol–water partition coefficient (Wildman–Crippen LogP) is 6.21. The molecule has 1 heterocycles. The minimum Gasteiger partial charge on any atom is -0.497 e. The van der Waals surface area contributed by atoms with Gasteiger partial charge in [0.05, 0.1) is 19.5 Å². The van der Waals surface area contributed by atoms with Crippen molar-refractivity contribution in [2.24, 2.45) is 0 Å². The van der Waals surface area contributed by atoms with E-state index in [1.54, 1.807) is 14.2 Å². The van der Waals surface area contributed by atoms with Gasteiger partial charge in [-0.15, -0.1) is 10.2 Å². The minimum atomic E-state index is -0.429. The van der Waals surface area contributed by atoms with Crippen molar-refractivity contribution in [2.45, 2.75) is 37.6 Å². The van der Waals surface area contributed by atoms with Gasteiger partial charge in [-0.1, -0.05) is 36.9 Å². The van der Waals surface area contributed by atoms with Crippen LogP contribution in [0.25, 0.3) is 22.5 Å². The molecule has 37 heavy (non-hydrogen) atoms. The van der Waals surface area contributed by atoms with Gasteiger partial charge in [-0.2, -0.15) is 0 Å². The van der Waals surface area contributed by atoms with Gasteiger partial charge in [-0.05, 0) is 79.9 Å². The van der Waals surface area contributed by atoms with E-state index in [-0.39, 0.29) is 5.91 Å². The van der Waals surface area contributed by atoms with E-state index in [4.69, 9.17) is 14.5 Å². The molecule has 0 fully saturated rings. The number of amides is 1. The highest BCUT2D eigenvalue weighted by Crippen LogP contribution is 2.33. The van der Waals surface area contributed by atoms with Gasteiger partial charge in [-0.3, -0.25) is 4.79 Å². The van der Waals surface area contributed by atoms with Crippen LogP contribution in [0.15, 0.2) is 71.9 Å². The van der Waals surface area contributed by atoms with Crippen LogP contribution in [0.5, 0.6) is 11.5 Å². The topological polar surface area (TPSA) is 86.2 Å². The molecule has 3 aromatic carbocycles. The molecular formula is C29H30N4O3S. The lowest BCUT2D eigenvalue weighted by Crippen LogP contribution is -2.24. The first-order valence-corrected chi connectivity index (χ1v) is 12.9. The van der Waals surface area contributed by atoms with Crippen molar-refractivity contribution in [1.82, 2.24) is 15.2 Å². The highest BCUT2D eigenvalue weighted by Gasteiger charge is 2.21. The quantitative estimate of drug-likeness (QED) is 0.266. The lowest BCUT2D eigenvalue weighted by molar-refractivity contribution is -0.115. The van der Waals surface area contributed by atoms with Gasteiger partial charge in [0.2, 0.25) is 11.1 Å². The highest BCUT2D eigenvalue weighted by atomic mass is 32.2. The molecule has 1 amide bonds. The van der Waals surface area contributed by atoms with E-state index < -0.39 is 5.25 Å². The molecule has 0 spiro atoms. The number of methoxy groups -OCH3 is 2. The zero-order valence-corrected chi connectivity index (χ0v) is 22.4. The van der Waals surface area contributed by atoms with Crippen molar-refractivity contribution < 1.29 is 14.3 Å². The summed E-state index contributed by atoms with van der Waals surface area (Å²) in [6.45, 7) is 5.92. The molecule has 190 valence electrons. The molecule has 1 unspecified atom stereocenters. The molecule has 1 N–H and O–H groups in total. The average molecular weight is 515 g/mol. The summed E-state index contributed by atoms with van der Waals surface area (Å²) in [5, 5.41) is 12.0. The Kier molecular flexibility index (Phi) is 8.40. The van der Waals surface area contributed by atoms with Crippen LogP contribution in [-0.2, 0) is 11.2 Å². The first-order valence-electron chi connectivity index (χ1n) is 12.0. The van der Waals surface area contributed by atoms with E-state index in [0.29, 0.717) is 16.5 Å². The third kappa shape index (κ3) is 6.09. The van der Waals surface area contributed by atoms with Crippen LogP contribution in [0, 0.1) is 6.92 Å². The van der Waals surface area contributed by atoms with Crippen LogP contribution in [-0.4, -0.2) is 40.6 Å². The van der Waals surface area contributed by atoms with Gasteiger partial charge in [0, 0.05) is 16.8 Å². The first-order chi connectivity index (χ1) is 17.9. The van der Waals surface area contributed by atoms with Crippen LogP contribution < -0.4 is 14.8 Å². The highest BCUT2D eigenvalue weighted by molar-refractivity contribution is 8.00. The number of para-hydroxylation sites is 1. The Morgan fingerprint density at radius 2 is 1.49 bits per heavy atom. The van der Waals surface area contributed by atoms with Crippen molar-refractivity contribution in [1.29, 1.82) is 0 Å². The number of carbonyl (C=O) groups excluding carboxylic acids is 1. The summed E-state index contributed by atoms with van der Waals surface area (Å²) < 4.78 is 10.6. The summed E-state index contributed by atoms with van der Waals surface area (Å²) >= 11 is 1.28. The van der Waals surface area contributed by atoms with Crippen LogP contribution in [0.2, 0.25) is 0 Å². The van der Waals surface area contributed by atoms with Crippen molar-refractivity contribution in [3.8, 4) is 34.0 Å². The number of hydrogen-bond acceptors (Lipinski definition) is 7. The number of benzene rings is 3. The van der Waals surface area contributed by atoms with E-state index in [1.807, 2.05) is 80.6 Å². The van der Waals surface area contributed by atoms with Crippen molar-refractivity contribution in [3.63, 3.8) is 0 Å². The summed E-state index contributed by atoms with van der Waals surface area (Å²) in [5.74, 6) is 1.39. The Bertz CT molecular complexity index is 1380. The fourth-order valence-electron chi connectivity index (χ4n) is 3.89. The van der Waals surface area contributed by atoms with Crippen molar-refractivity contribution in [2.75, 3.05) is 19.5 Å². The number of nitrogens with zero attached hydrogens (tertiary/aromatic N) is 3. The second-order valence-electron chi connectivity index (χ2n) is 8.46. The molecule has 7 nitrogen and oxygen atoms in total. The number of ether oxygens (including phenoxy) is 2. The van der Waals surface area contributed by atoms with Crippen LogP contribution >= 0.6 is 11.8 Å². The Balaban J connectivity index is 1.63. The molecule has 0 radical (unpaired) electrons. The molecular weight excluding hydrogens is 484 g/mol. The molecule has 0 saturated carbocycles. The monoisotopic (exact) mass is 514 g/mol. The number of hydrogen-bond donors (Lipinski definition) is 1.